The SMILES string of the molecule is Cc1csc(Nc2nccc(-c3ccc(OCC(C)(CC(C)C)OC(N)=O)c(C(F)(F)F)c3)n2)n1. The number of alkyl halides is 3. The summed E-state index contributed by atoms with van der Waals surface area (Å²) in [5, 5.41) is 5.37. The van der Waals surface area contributed by atoms with Gasteiger partial charge in [-0.1, -0.05) is 13.8 Å². The van der Waals surface area contributed by atoms with Crippen LogP contribution in [0.2, 0.25) is 0 Å². The van der Waals surface area contributed by atoms with Gasteiger partial charge in [0.1, 0.15) is 18.0 Å². The molecule has 0 spiro atoms. The lowest BCUT2D eigenvalue weighted by Crippen LogP contribution is -2.41. The number of aromatic nitrogens is 3. The van der Waals surface area contributed by atoms with Crippen LogP contribution in [0.3, 0.4) is 0 Å². The van der Waals surface area contributed by atoms with Crippen molar-refractivity contribution in [1.29, 1.82) is 0 Å². The molecule has 35 heavy (non-hydrogen) atoms. The molecule has 0 aliphatic rings. The highest BCUT2D eigenvalue weighted by molar-refractivity contribution is 7.13. The van der Waals surface area contributed by atoms with Crippen molar-refractivity contribution >= 4 is 28.5 Å². The first-order chi connectivity index (χ1) is 16.3. The molecule has 1 amide bonds. The van der Waals surface area contributed by atoms with Crippen molar-refractivity contribution < 1.29 is 27.4 Å². The Balaban J connectivity index is 1.88. The molecule has 2 heterocycles. The fourth-order valence-corrected chi connectivity index (χ4v) is 4.27. The summed E-state index contributed by atoms with van der Waals surface area (Å²) in [6.07, 6.45) is -3.92. The maximum Gasteiger partial charge on any atom is 0.419 e. The number of aryl methyl sites for hydroxylation is 1. The van der Waals surface area contributed by atoms with Crippen molar-refractivity contribution in [2.45, 2.75) is 45.9 Å². The van der Waals surface area contributed by atoms with E-state index in [-0.39, 0.29) is 29.7 Å². The molecule has 1 atom stereocenters. The summed E-state index contributed by atoms with van der Waals surface area (Å²) in [7, 11) is 0. The van der Waals surface area contributed by atoms with Gasteiger partial charge in [-0.05, 0) is 50.5 Å². The number of anilines is 2. The molecule has 0 saturated heterocycles. The van der Waals surface area contributed by atoms with Crippen LogP contribution in [0.1, 0.15) is 38.4 Å². The van der Waals surface area contributed by atoms with Crippen LogP contribution in [-0.4, -0.2) is 33.3 Å². The highest BCUT2D eigenvalue weighted by Gasteiger charge is 2.37. The molecule has 2 aromatic heterocycles. The van der Waals surface area contributed by atoms with E-state index < -0.39 is 29.2 Å². The van der Waals surface area contributed by atoms with Crippen LogP contribution < -0.4 is 15.8 Å². The third-order valence-corrected chi connectivity index (χ3v) is 5.67. The molecule has 0 saturated carbocycles. The van der Waals surface area contributed by atoms with Crippen LogP contribution >= 0.6 is 11.3 Å². The Kier molecular flexibility index (Phi) is 7.83. The summed E-state index contributed by atoms with van der Waals surface area (Å²) >= 11 is 1.36. The van der Waals surface area contributed by atoms with Crippen LogP contribution in [0.25, 0.3) is 11.3 Å². The van der Waals surface area contributed by atoms with Gasteiger partial charge >= 0.3 is 12.3 Å². The van der Waals surface area contributed by atoms with E-state index in [2.05, 4.69) is 20.3 Å². The number of nitrogens with one attached hydrogen (secondary N) is 1. The average Bonchev–Trinajstić information content (AvgIpc) is 3.15. The van der Waals surface area contributed by atoms with E-state index >= 15 is 0 Å². The van der Waals surface area contributed by atoms with E-state index in [1.54, 1.807) is 6.92 Å². The number of hydrogen-bond donors (Lipinski definition) is 2. The third kappa shape index (κ3) is 7.28. The molecule has 12 heteroatoms. The molecule has 1 unspecified atom stereocenters. The zero-order valence-corrected chi connectivity index (χ0v) is 20.5. The lowest BCUT2D eigenvalue weighted by molar-refractivity contribution is -0.139. The van der Waals surface area contributed by atoms with Gasteiger partial charge < -0.3 is 20.5 Å². The normalized spacial score (nSPS) is 13.4. The molecule has 0 aliphatic heterocycles. The van der Waals surface area contributed by atoms with Crippen molar-refractivity contribution in [3.8, 4) is 17.0 Å². The molecule has 0 radical (unpaired) electrons. The zero-order valence-electron chi connectivity index (χ0n) is 19.6. The Hall–Kier alpha value is -3.41. The Bertz CT molecular complexity index is 1190. The summed E-state index contributed by atoms with van der Waals surface area (Å²) in [4.78, 5) is 24.0. The van der Waals surface area contributed by atoms with Gasteiger partial charge in [0.25, 0.3) is 0 Å². The molecule has 0 fully saturated rings. The van der Waals surface area contributed by atoms with E-state index in [0.29, 0.717) is 11.6 Å². The minimum atomic E-state index is -4.70. The number of benzene rings is 1. The number of amides is 1. The van der Waals surface area contributed by atoms with Crippen molar-refractivity contribution in [2.75, 3.05) is 11.9 Å². The number of rotatable bonds is 9. The molecule has 8 nitrogen and oxygen atoms in total. The molecule has 0 bridgehead atoms. The summed E-state index contributed by atoms with van der Waals surface area (Å²) in [6.45, 7) is 6.88. The standard InChI is InChI=1S/C23H26F3N5O3S/c1-13(2)10-22(4,34-19(27)32)12-33-18-6-5-15(9-16(18)23(24,25)26)17-7-8-28-20(30-17)31-21-29-14(3)11-35-21/h5-9,11,13H,10,12H2,1-4H3,(H2,27,32)(H,28,29,30,31). The minimum Gasteiger partial charge on any atom is -0.489 e. The second kappa shape index (κ2) is 10.5. The number of nitrogens with two attached hydrogens (primary N) is 1. The second-order valence-electron chi connectivity index (χ2n) is 8.65. The van der Waals surface area contributed by atoms with E-state index in [0.717, 1.165) is 11.8 Å². The topological polar surface area (TPSA) is 112 Å². The first kappa shape index (κ1) is 26.2. The largest absolute Gasteiger partial charge is 0.489 e. The maximum absolute atomic E-state index is 13.9. The van der Waals surface area contributed by atoms with Crippen molar-refractivity contribution in [2.24, 2.45) is 11.7 Å². The molecule has 0 aliphatic carbocycles. The Morgan fingerprint density at radius 3 is 2.57 bits per heavy atom. The molecule has 3 N–H and O–H groups in total. The smallest absolute Gasteiger partial charge is 0.419 e. The summed E-state index contributed by atoms with van der Waals surface area (Å²) in [5.74, 6) is -0.102. The molecular formula is C23H26F3N5O3S. The van der Waals surface area contributed by atoms with Gasteiger partial charge in [-0.3, -0.25) is 0 Å². The number of hydrogen-bond acceptors (Lipinski definition) is 8. The highest BCUT2D eigenvalue weighted by atomic mass is 32.1. The molecule has 3 rings (SSSR count). The first-order valence-corrected chi connectivity index (χ1v) is 11.6. The highest BCUT2D eigenvalue weighted by Crippen LogP contribution is 2.39. The fraction of sp³-hybridized carbons (Fsp3) is 0.391. The summed E-state index contributed by atoms with van der Waals surface area (Å²) < 4.78 is 52.4. The molecule has 1 aromatic carbocycles. The molecule has 3 aromatic rings. The maximum atomic E-state index is 13.9. The number of carbonyl (C=O) groups excluding carboxylic acids is 1. The fourth-order valence-electron chi connectivity index (χ4n) is 3.59. The van der Waals surface area contributed by atoms with Crippen LogP contribution in [0.5, 0.6) is 5.75 Å². The lowest BCUT2D eigenvalue weighted by Gasteiger charge is -2.30. The predicted octanol–water partition coefficient (Wildman–Crippen LogP) is 5.95. The van der Waals surface area contributed by atoms with Crippen molar-refractivity contribution in [3.05, 3.63) is 47.1 Å². The summed E-state index contributed by atoms with van der Waals surface area (Å²) in [6, 6.07) is 5.16. The third-order valence-electron chi connectivity index (χ3n) is 4.79. The van der Waals surface area contributed by atoms with E-state index in [1.807, 2.05) is 26.2 Å². The quantitative estimate of drug-likeness (QED) is 0.367. The lowest BCUT2D eigenvalue weighted by atomic mass is 9.95. The van der Waals surface area contributed by atoms with E-state index in [9.17, 15) is 18.0 Å². The monoisotopic (exact) mass is 509 g/mol. The Morgan fingerprint density at radius 2 is 1.97 bits per heavy atom. The van der Waals surface area contributed by atoms with Crippen LogP contribution in [0, 0.1) is 12.8 Å². The van der Waals surface area contributed by atoms with Crippen molar-refractivity contribution in [3.63, 3.8) is 0 Å². The minimum absolute atomic E-state index is 0.0845. The van der Waals surface area contributed by atoms with Gasteiger partial charge in [0.2, 0.25) is 5.95 Å². The van der Waals surface area contributed by atoms with E-state index in [4.69, 9.17) is 15.2 Å². The van der Waals surface area contributed by atoms with Crippen LogP contribution in [-0.2, 0) is 10.9 Å². The van der Waals surface area contributed by atoms with Crippen LogP contribution in [0.15, 0.2) is 35.8 Å². The second-order valence-corrected chi connectivity index (χ2v) is 9.51. The average molecular weight is 510 g/mol. The number of carbonyl (C=O) groups is 1. The number of halogens is 3. The van der Waals surface area contributed by atoms with Gasteiger partial charge in [-0.25, -0.2) is 19.7 Å². The predicted molar refractivity (Wildman–Crippen MR) is 127 cm³/mol. The van der Waals surface area contributed by atoms with Gasteiger partial charge in [-0.2, -0.15) is 13.2 Å². The number of primary amides is 1. The van der Waals surface area contributed by atoms with E-state index in [1.165, 1.54) is 35.7 Å². The van der Waals surface area contributed by atoms with Crippen LogP contribution in [0.4, 0.5) is 29.0 Å². The zero-order chi connectivity index (χ0) is 25.8. The van der Waals surface area contributed by atoms with Gasteiger partial charge in [-0.15, -0.1) is 11.3 Å². The number of ether oxygens (including phenoxy) is 2. The first-order valence-electron chi connectivity index (χ1n) is 10.7. The van der Waals surface area contributed by atoms with Gasteiger partial charge in [0.15, 0.2) is 5.13 Å². The molecular weight excluding hydrogens is 483 g/mol. The number of nitrogens with zero attached hydrogens (tertiary/aromatic N) is 3. The molecule has 188 valence electrons. The van der Waals surface area contributed by atoms with Gasteiger partial charge in [0, 0.05) is 17.1 Å². The Morgan fingerprint density at radius 1 is 1.23 bits per heavy atom. The van der Waals surface area contributed by atoms with Gasteiger partial charge in [0.05, 0.1) is 17.0 Å². The van der Waals surface area contributed by atoms with Crippen molar-refractivity contribution in [1.82, 2.24) is 15.0 Å². The summed E-state index contributed by atoms with van der Waals surface area (Å²) in [5.41, 5.74) is 4.31. The Labute approximate surface area is 204 Å². The number of thiazole rings is 1.